The van der Waals surface area contributed by atoms with Crippen LogP contribution < -0.4 is 5.32 Å². The molecule has 1 aromatic heterocycles. The minimum Gasteiger partial charge on any atom is -0.481 e. The average Bonchev–Trinajstić information content (AvgIpc) is 2.85. The van der Waals surface area contributed by atoms with Crippen molar-refractivity contribution in [1.82, 2.24) is 5.32 Å². The van der Waals surface area contributed by atoms with Gasteiger partial charge in [0.2, 0.25) is 5.91 Å². The number of carboxylic acid groups (broad SMARTS) is 1. The van der Waals surface area contributed by atoms with Gasteiger partial charge in [0.05, 0.1) is 17.9 Å². The lowest BCUT2D eigenvalue weighted by molar-refractivity contribution is -0.149. The number of rotatable bonds is 4. The summed E-state index contributed by atoms with van der Waals surface area (Å²) in [6.45, 7) is 3.98. The summed E-state index contributed by atoms with van der Waals surface area (Å²) in [4.78, 5) is 25.9. The maximum atomic E-state index is 12.3. The molecule has 1 aliphatic carbocycles. The Morgan fingerprint density at radius 3 is 2.50 bits per heavy atom. The number of nitrogens with one attached hydrogen (secondary N) is 1. The van der Waals surface area contributed by atoms with E-state index in [0.717, 1.165) is 17.7 Å². The molecule has 1 fully saturated rings. The highest BCUT2D eigenvalue weighted by atomic mass is 32.1. The van der Waals surface area contributed by atoms with Crippen LogP contribution in [-0.2, 0) is 9.59 Å². The smallest absolute Gasteiger partial charge is 0.307 e. The van der Waals surface area contributed by atoms with E-state index in [4.69, 9.17) is 0 Å². The van der Waals surface area contributed by atoms with Crippen LogP contribution in [-0.4, -0.2) is 17.0 Å². The molecule has 0 aliphatic heterocycles. The molecule has 0 aromatic carbocycles. The molecule has 20 heavy (non-hydrogen) atoms. The number of hydrogen-bond acceptors (Lipinski definition) is 3. The number of aryl methyl sites for hydroxylation is 1. The van der Waals surface area contributed by atoms with E-state index < -0.39 is 11.9 Å². The maximum Gasteiger partial charge on any atom is 0.307 e. The van der Waals surface area contributed by atoms with Gasteiger partial charge in [-0.05, 0) is 38.8 Å². The second kappa shape index (κ2) is 6.39. The molecule has 4 nitrogen and oxygen atoms in total. The highest BCUT2D eigenvalue weighted by molar-refractivity contribution is 7.12. The summed E-state index contributed by atoms with van der Waals surface area (Å²) in [5.41, 5.74) is 0. The SMILES string of the molecule is Cc1ccc(C(C)NC(=O)[C@@H]2CCCC[C@@H]2C(=O)O)s1. The number of amides is 1. The largest absolute Gasteiger partial charge is 0.481 e. The normalized spacial score (nSPS) is 24.1. The summed E-state index contributed by atoms with van der Waals surface area (Å²) in [6, 6.07) is 3.99. The number of aliphatic carboxylic acids is 1. The van der Waals surface area contributed by atoms with Gasteiger partial charge >= 0.3 is 5.97 Å². The molecule has 1 amide bonds. The lowest BCUT2D eigenvalue weighted by Gasteiger charge is -2.28. The topological polar surface area (TPSA) is 66.4 Å². The minimum absolute atomic E-state index is 0.0578. The van der Waals surface area contributed by atoms with Gasteiger partial charge in [-0.3, -0.25) is 9.59 Å². The van der Waals surface area contributed by atoms with Gasteiger partial charge in [-0.1, -0.05) is 12.8 Å². The van der Waals surface area contributed by atoms with E-state index in [1.54, 1.807) is 11.3 Å². The van der Waals surface area contributed by atoms with E-state index in [9.17, 15) is 14.7 Å². The van der Waals surface area contributed by atoms with Crippen molar-refractivity contribution in [3.8, 4) is 0 Å². The lowest BCUT2D eigenvalue weighted by Crippen LogP contribution is -2.40. The predicted molar refractivity (Wildman–Crippen MR) is 78.7 cm³/mol. The first kappa shape index (κ1) is 15.0. The highest BCUT2D eigenvalue weighted by Crippen LogP contribution is 2.31. The van der Waals surface area contributed by atoms with E-state index >= 15 is 0 Å². The quantitative estimate of drug-likeness (QED) is 0.897. The first-order valence-corrected chi connectivity index (χ1v) is 7.90. The van der Waals surface area contributed by atoms with E-state index in [-0.39, 0.29) is 17.9 Å². The molecular formula is C15H21NO3S. The fourth-order valence-electron chi connectivity index (χ4n) is 2.82. The summed E-state index contributed by atoms with van der Waals surface area (Å²) in [5.74, 6) is -1.87. The Bertz CT molecular complexity index is 497. The van der Waals surface area contributed by atoms with Crippen LogP contribution in [0, 0.1) is 18.8 Å². The molecule has 2 rings (SSSR count). The summed E-state index contributed by atoms with van der Waals surface area (Å²) in [6.07, 6.45) is 3.13. The second-order valence-corrected chi connectivity index (χ2v) is 6.83. The van der Waals surface area contributed by atoms with Gasteiger partial charge in [-0.2, -0.15) is 0 Å². The van der Waals surface area contributed by atoms with Crippen LogP contribution in [0.15, 0.2) is 12.1 Å². The molecule has 1 unspecified atom stereocenters. The fourth-order valence-corrected chi connectivity index (χ4v) is 3.70. The molecule has 0 saturated heterocycles. The fraction of sp³-hybridized carbons (Fsp3) is 0.600. The van der Waals surface area contributed by atoms with Crippen LogP contribution in [0.5, 0.6) is 0 Å². The monoisotopic (exact) mass is 295 g/mol. The van der Waals surface area contributed by atoms with Gasteiger partial charge in [0.1, 0.15) is 0 Å². The summed E-state index contributed by atoms with van der Waals surface area (Å²) in [7, 11) is 0. The van der Waals surface area contributed by atoms with Crippen molar-refractivity contribution in [2.24, 2.45) is 11.8 Å². The zero-order chi connectivity index (χ0) is 14.7. The number of carbonyl (C=O) groups is 2. The van der Waals surface area contributed by atoms with Gasteiger partial charge in [-0.15, -0.1) is 11.3 Å². The van der Waals surface area contributed by atoms with Crippen LogP contribution in [0.25, 0.3) is 0 Å². The molecule has 0 spiro atoms. The average molecular weight is 295 g/mol. The molecule has 3 atom stereocenters. The molecule has 1 heterocycles. The van der Waals surface area contributed by atoms with Crippen LogP contribution >= 0.6 is 11.3 Å². The van der Waals surface area contributed by atoms with Crippen molar-refractivity contribution in [2.45, 2.75) is 45.6 Å². The van der Waals surface area contributed by atoms with Crippen LogP contribution in [0.3, 0.4) is 0 Å². The van der Waals surface area contributed by atoms with E-state index in [1.807, 2.05) is 26.0 Å². The molecule has 0 bridgehead atoms. The highest BCUT2D eigenvalue weighted by Gasteiger charge is 2.36. The molecule has 0 radical (unpaired) electrons. The van der Waals surface area contributed by atoms with Crippen LogP contribution in [0.1, 0.15) is 48.4 Å². The third-order valence-corrected chi connectivity index (χ3v) is 5.15. The van der Waals surface area contributed by atoms with Crippen molar-refractivity contribution >= 4 is 23.2 Å². The summed E-state index contributed by atoms with van der Waals surface area (Å²) < 4.78 is 0. The number of hydrogen-bond donors (Lipinski definition) is 2. The number of thiophene rings is 1. The van der Waals surface area contributed by atoms with Crippen molar-refractivity contribution in [1.29, 1.82) is 0 Å². The standard InChI is InChI=1S/C15H21NO3S/c1-9-7-8-13(20-9)10(2)16-14(17)11-5-3-4-6-12(11)15(18)19/h7-8,10-12H,3-6H2,1-2H3,(H,16,17)(H,18,19)/t10?,11-,12+/m1/s1. The van der Waals surface area contributed by atoms with Crippen molar-refractivity contribution in [3.63, 3.8) is 0 Å². The zero-order valence-corrected chi connectivity index (χ0v) is 12.7. The number of carbonyl (C=O) groups excluding carboxylic acids is 1. The summed E-state index contributed by atoms with van der Waals surface area (Å²) in [5, 5.41) is 12.2. The Labute approximate surface area is 123 Å². The zero-order valence-electron chi connectivity index (χ0n) is 11.9. The first-order valence-electron chi connectivity index (χ1n) is 7.08. The Morgan fingerprint density at radius 1 is 1.30 bits per heavy atom. The Hall–Kier alpha value is -1.36. The predicted octanol–water partition coefficient (Wildman–Crippen LogP) is 3.12. The molecule has 1 saturated carbocycles. The second-order valence-electron chi connectivity index (χ2n) is 5.51. The van der Waals surface area contributed by atoms with E-state index in [0.29, 0.717) is 12.8 Å². The summed E-state index contributed by atoms with van der Waals surface area (Å²) >= 11 is 1.66. The molecule has 1 aromatic rings. The van der Waals surface area contributed by atoms with E-state index in [1.165, 1.54) is 4.88 Å². The van der Waals surface area contributed by atoms with Gasteiger partial charge in [0.25, 0.3) is 0 Å². The molecular weight excluding hydrogens is 274 g/mol. The Morgan fingerprint density at radius 2 is 1.95 bits per heavy atom. The number of carboxylic acids is 1. The van der Waals surface area contributed by atoms with Gasteiger partial charge < -0.3 is 10.4 Å². The Balaban J connectivity index is 2.01. The lowest BCUT2D eigenvalue weighted by atomic mass is 9.78. The van der Waals surface area contributed by atoms with E-state index in [2.05, 4.69) is 5.32 Å². The van der Waals surface area contributed by atoms with Gasteiger partial charge in [0.15, 0.2) is 0 Å². The van der Waals surface area contributed by atoms with Crippen LogP contribution in [0.4, 0.5) is 0 Å². The van der Waals surface area contributed by atoms with Crippen molar-refractivity contribution in [2.75, 3.05) is 0 Å². The van der Waals surface area contributed by atoms with Gasteiger partial charge in [-0.25, -0.2) is 0 Å². The molecule has 110 valence electrons. The third kappa shape index (κ3) is 3.39. The molecule has 5 heteroatoms. The third-order valence-electron chi connectivity index (χ3n) is 3.97. The maximum absolute atomic E-state index is 12.3. The Kier molecular flexibility index (Phi) is 4.81. The molecule has 1 aliphatic rings. The van der Waals surface area contributed by atoms with Crippen molar-refractivity contribution in [3.05, 3.63) is 21.9 Å². The van der Waals surface area contributed by atoms with Gasteiger partial charge in [0, 0.05) is 9.75 Å². The van der Waals surface area contributed by atoms with Crippen LogP contribution in [0.2, 0.25) is 0 Å². The van der Waals surface area contributed by atoms with Crippen molar-refractivity contribution < 1.29 is 14.7 Å². The minimum atomic E-state index is -0.843. The first-order chi connectivity index (χ1) is 9.49. The molecule has 2 N–H and O–H groups in total.